The summed E-state index contributed by atoms with van der Waals surface area (Å²) in [5, 5.41) is 2.66. The van der Waals surface area contributed by atoms with Crippen molar-refractivity contribution < 1.29 is 14.4 Å². The maximum atomic E-state index is 12.1. The van der Waals surface area contributed by atoms with Crippen LogP contribution in [0, 0.1) is 11.8 Å². The fourth-order valence-corrected chi connectivity index (χ4v) is 2.59. The van der Waals surface area contributed by atoms with E-state index in [9.17, 15) is 14.4 Å². The number of hydrogen-bond donors (Lipinski definition) is 1. The fraction of sp³-hybridized carbons (Fsp3) is 0.615. The lowest BCUT2D eigenvalue weighted by molar-refractivity contribution is -0.140. The lowest BCUT2D eigenvalue weighted by Crippen LogP contribution is -2.35. The highest BCUT2D eigenvalue weighted by Gasteiger charge is 2.46. The number of fused-ring (bicyclic) bond motifs is 1. The van der Waals surface area contributed by atoms with Crippen LogP contribution in [0.3, 0.4) is 0 Å². The highest BCUT2D eigenvalue weighted by atomic mass is 16.2. The minimum absolute atomic E-state index is 0.112. The maximum absolute atomic E-state index is 12.1. The molecular weight excluding hydrogens is 232 g/mol. The summed E-state index contributed by atoms with van der Waals surface area (Å²) < 4.78 is 0. The first-order chi connectivity index (χ1) is 8.65. The summed E-state index contributed by atoms with van der Waals surface area (Å²) >= 11 is 0. The molecule has 5 heteroatoms. The molecule has 1 N–H and O–H groups in total. The molecule has 0 radical (unpaired) electrons. The second-order valence-electron chi connectivity index (χ2n) is 4.69. The highest BCUT2D eigenvalue weighted by Crippen LogP contribution is 2.34. The van der Waals surface area contributed by atoms with Gasteiger partial charge in [0.2, 0.25) is 17.7 Å². The summed E-state index contributed by atoms with van der Waals surface area (Å²) in [4.78, 5) is 36.7. The van der Waals surface area contributed by atoms with Gasteiger partial charge in [0, 0.05) is 19.5 Å². The molecule has 1 aliphatic heterocycles. The van der Waals surface area contributed by atoms with Crippen LogP contribution in [0.25, 0.3) is 0 Å². The van der Waals surface area contributed by atoms with E-state index in [4.69, 9.17) is 0 Å². The van der Waals surface area contributed by atoms with Gasteiger partial charge in [-0.2, -0.15) is 0 Å². The summed E-state index contributed by atoms with van der Waals surface area (Å²) in [6, 6.07) is 0. The van der Waals surface area contributed by atoms with Gasteiger partial charge in [-0.15, -0.1) is 0 Å². The van der Waals surface area contributed by atoms with Crippen LogP contribution in [0.15, 0.2) is 12.2 Å². The van der Waals surface area contributed by atoms with Crippen molar-refractivity contribution in [1.82, 2.24) is 10.2 Å². The first kappa shape index (κ1) is 12.8. The Hall–Kier alpha value is -1.65. The third kappa shape index (κ3) is 2.30. The molecule has 0 aromatic rings. The topological polar surface area (TPSA) is 66.5 Å². The smallest absolute Gasteiger partial charge is 0.233 e. The molecular formula is C13H18N2O3. The van der Waals surface area contributed by atoms with E-state index in [-0.39, 0.29) is 42.5 Å². The molecule has 1 fully saturated rings. The molecule has 2 aliphatic rings. The largest absolute Gasteiger partial charge is 0.356 e. The van der Waals surface area contributed by atoms with Crippen molar-refractivity contribution in [3.63, 3.8) is 0 Å². The number of imide groups is 1. The summed E-state index contributed by atoms with van der Waals surface area (Å²) in [5.41, 5.74) is 0. The van der Waals surface area contributed by atoms with Crippen LogP contribution in [0.4, 0.5) is 0 Å². The second-order valence-corrected chi connectivity index (χ2v) is 4.69. The SMILES string of the molecule is CCNC(=O)CCN1C(=O)[C@H]2CC=CC[C@@H]2C1=O. The van der Waals surface area contributed by atoms with Crippen LogP contribution in [0.1, 0.15) is 26.2 Å². The van der Waals surface area contributed by atoms with E-state index in [1.807, 2.05) is 19.1 Å². The Bertz CT molecular complexity index is 377. The van der Waals surface area contributed by atoms with Gasteiger partial charge in [-0.3, -0.25) is 19.3 Å². The van der Waals surface area contributed by atoms with Crippen LogP contribution < -0.4 is 5.32 Å². The first-order valence-electron chi connectivity index (χ1n) is 6.42. The molecule has 1 saturated heterocycles. The molecule has 0 saturated carbocycles. The van der Waals surface area contributed by atoms with E-state index >= 15 is 0 Å². The average molecular weight is 250 g/mol. The van der Waals surface area contributed by atoms with Crippen LogP contribution in [0.5, 0.6) is 0 Å². The number of rotatable bonds is 4. The van der Waals surface area contributed by atoms with E-state index in [0.29, 0.717) is 19.4 Å². The zero-order valence-corrected chi connectivity index (χ0v) is 10.5. The first-order valence-corrected chi connectivity index (χ1v) is 6.42. The van der Waals surface area contributed by atoms with Crippen molar-refractivity contribution in [3.8, 4) is 0 Å². The van der Waals surface area contributed by atoms with Gasteiger partial charge in [0.1, 0.15) is 0 Å². The lowest BCUT2D eigenvalue weighted by Gasteiger charge is -2.14. The van der Waals surface area contributed by atoms with Gasteiger partial charge in [-0.25, -0.2) is 0 Å². The number of likely N-dealkylation sites (tertiary alicyclic amines) is 1. The van der Waals surface area contributed by atoms with E-state index in [1.165, 1.54) is 4.90 Å². The summed E-state index contributed by atoms with van der Waals surface area (Å²) in [7, 11) is 0. The van der Waals surface area contributed by atoms with Crippen LogP contribution in [-0.2, 0) is 14.4 Å². The van der Waals surface area contributed by atoms with Crippen molar-refractivity contribution in [2.45, 2.75) is 26.2 Å². The molecule has 1 heterocycles. The van der Waals surface area contributed by atoms with E-state index in [2.05, 4.69) is 5.32 Å². The van der Waals surface area contributed by atoms with E-state index < -0.39 is 0 Å². The number of allylic oxidation sites excluding steroid dienone is 2. The molecule has 0 unspecified atom stereocenters. The molecule has 1 aliphatic carbocycles. The molecule has 2 rings (SSSR count). The van der Waals surface area contributed by atoms with Gasteiger partial charge in [0.05, 0.1) is 11.8 Å². The van der Waals surface area contributed by atoms with Crippen molar-refractivity contribution in [2.24, 2.45) is 11.8 Å². The van der Waals surface area contributed by atoms with Gasteiger partial charge in [0.25, 0.3) is 0 Å². The Kier molecular flexibility index (Phi) is 3.79. The molecule has 0 bridgehead atoms. The number of hydrogen-bond acceptors (Lipinski definition) is 3. The number of amides is 3. The Balaban J connectivity index is 1.96. The van der Waals surface area contributed by atoms with Crippen molar-refractivity contribution in [1.29, 1.82) is 0 Å². The monoisotopic (exact) mass is 250 g/mol. The van der Waals surface area contributed by atoms with Gasteiger partial charge in [-0.05, 0) is 19.8 Å². The Morgan fingerprint density at radius 2 is 1.83 bits per heavy atom. The molecule has 18 heavy (non-hydrogen) atoms. The standard InChI is InChI=1S/C13H18N2O3/c1-2-14-11(16)7-8-15-12(17)9-5-3-4-6-10(9)13(15)18/h3-4,9-10H,2,5-8H2,1H3,(H,14,16)/t9-,10-/m0/s1. The molecule has 3 amide bonds. The molecule has 2 atom stereocenters. The van der Waals surface area contributed by atoms with Crippen LogP contribution in [-0.4, -0.2) is 35.7 Å². The zero-order valence-electron chi connectivity index (χ0n) is 10.5. The van der Waals surface area contributed by atoms with Crippen LogP contribution >= 0.6 is 0 Å². The molecule has 0 aromatic carbocycles. The predicted octanol–water partition coefficient (Wildman–Crippen LogP) is 0.464. The minimum Gasteiger partial charge on any atom is -0.356 e. The number of nitrogens with one attached hydrogen (secondary N) is 1. The lowest BCUT2D eigenvalue weighted by atomic mass is 9.85. The van der Waals surface area contributed by atoms with Crippen molar-refractivity contribution in [2.75, 3.05) is 13.1 Å². The molecule has 5 nitrogen and oxygen atoms in total. The number of nitrogens with zero attached hydrogens (tertiary/aromatic N) is 1. The Morgan fingerprint density at radius 3 is 2.33 bits per heavy atom. The van der Waals surface area contributed by atoms with Gasteiger partial charge in [0.15, 0.2) is 0 Å². The minimum atomic E-state index is -0.197. The summed E-state index contributed by atoms with van der Waals surface area (Å²) in [6.07, 6.45) is 5.40. The Labute approximate surface area is 106 Å². The fourth-order valence-electron chi connectivity index (χ4n) is 2.59. The second kappa shape index (κ2) is 5.33. The zero-order chi connectivity index (χ0) is 13.1. The molecule has 0 aromatic heterocycles. The van der Waals surface area contributed by atoms with Gasteiger partial charge < -0.3 is 5.32 Å². The maximum Gasteiger partial charge on any atom is 0.233 e. The third-order valence-electron chi connectivity index (χ3n) is 3.54. The van der Waals surface area contributed by atoms with Crippen LogP contribution in [0.2, 0.25) is 0 Å². The molecule has 98 valence electrons. The Morgan fingerprint density at radius 1 is 1.28 bits per heavy atom. The average Bonchev–Trinajstić information content (AvgIpc) is 2.61. The normalized spacial score (nSPS) is 26.4. The quantitative estimate of drug-likeness (QED) is 0.582. The van der Waals surface area contributed by atoms with Gasteiger partial charge >= 0.3 is 0 Å². The summed E-state index contributed by atoms with van der Waals surface area (Å²) in [6.45, 7) is 2.61. The number of carbonyl (C=O) groups excluding carboxylic acids is 3. The predicted molar refractivity (Wildman–Crippen MR) is 65.4 cm³/mol. The highest BCUT2D eigenvalue weighted by molar-refractivity contribution is 6.05. The van der Waals surface area contributed by atoms with E-state index in [1.54, 1.807) is 0 Å². The van der Waals surface area contributed by atoms with Crippen molar-refractivity contribution in [3.05, 3.63) is 12.2 Å². The van der Waals surface area contributed by atoms with E-state index in [0.717, 1.165) is 0 Å². The number of carbonyl (C=O) groups is 3. The van der Waals surface area contributed by atoms with Gasteiger partial charge in [-0.1, -0.05) is 12.2 Å². The van der Waals surface area contributed by atoms with Crippen molar-refractivity contribution >= 4 is 17.7 Å². The third-order valence-corrected chi connectivity index (χ3v) is 3.54. The summed E-state index contributed by atoms with van der Waals surface area (Å²) in [5.74, 6) is -0.739. The molecule has 0 spiro atoms.